The first-order valence-electron chi connectivity index (χ1n) is 8.54. The molecule has 0 saturated carbocycles. The maximum atomic E-state index is 11.9. The van der Waals surface area contributed by atoms with Crippen LogP contribution in [0.1, 0.15) is 44.1 Å². The minimum Gasteiger partial charge on any atom is -0.326 e. The zero-order valence-corrected chi connectivity index (χ0v) is 13.4. The van der Waals surface area contributed by atoms with E-state index in [-0.39, 0.29) is 12.1 Å². The van der Waals surface area contributed by atoms with Crippen molar-refractivity contribution in [3.05, 3.63) is 35.9 Å². The summed E-state index contributed by atoms with van der Waals surface area (Å²) in [5, 5.41) is 0. The molecule has 1 amide bonds. The average molecular weight is 301 g/mol. The van der Waals surface area contributed by atoms with Gasteiger partial charge >= 0.3 is 0 Å². The van der Waals surface area contributed by atoms with E-state index >= 15 is 0 Å². The van der Waals surface area contributed by atoms with Gasteiger partial charge in [-0.15, -0.1) is 0 Å². The number of amides is 1. The SMILES string of the molecule is CCC(=O)N1CCC(N2CCC(c3ccccc3)CC2)C1N. The van der Waals surface area contributed by atoms with Crippen molar-refractivity contribution in [1.82, 2.24) is 9.80 Å². The van der Waals surface area contributed by atoms with Crippen LogP contribution in [0.15, 0.2) is 30.3 Å². The molecule has 120 valence electrons. The number of carbonyl (C=O) groups is 1. The lowest BCUT2D eigenvalue weighted by Gasteiger charge is -2.38. The second-order valence-corrected chi connectivity index (χ2v) is 6.51. The molecule has 4 heteroatoms. The largest absolute Gasteiger partial charge is 0.326 e. The van der Waals surface area contributed by atoms with Crippen molar-refractivity contribution in [2.75, 3.05) is 19.6 Å². The molecule has 0 aromatic heterocycles. The third-order valence-corrected chi connectivity index (χ3v) is 5.31. The first-order chi connectivity index (χ1) is 10.7. The number of benzene rings is 1. The van der Waals surface area contributed by atoms with Gasteiger partial charge in [0.25, 0.3) is 0 Å². The Morgan fingerprint density at radius 1 is 1.14 bits per heavy atom. The first kappa shape index (κ1) is 15.5. The Morgan fingerprint density at radius 3 is 2.45 bits per heavy atom. The second kappa shape index (κ2) is 6.80. The maximum Gasteiger partial charge on any atom is 0.223 e. The molecule has 2 unspecified atom stereocenters. The standard InChI is InChI=1S/C18H27N3O/c1-2-17(22)21-13-10-16(18(21)19)20-11-8-15(9-12-20)14-6-4-3-5-7-14/h3-7,15-16,18H,2,8-13,19H2,1H3. The Hall–Kier alpha value is -1.39. The molecule has 2 saturated heterocycles. The molecule has 1 aromatic rings. The predicted octanol–water partition coefficient (Wildman–Crippen LogP) is 2.16. The smallest absolute Gasteiger partial charge is 0.223 e. The lowest BCUT2D eigenvalue weighted by atomic mass is 9.89. The van der Waals surface area contributed by atoms with Crippen LogP contribution in [0.25, 0.3) is 0 Å². The van der Waals surface area contributed by atoms with Crippen LogP contribution in [0.5, 0.6) is 0 Å². The molecule has 22 heavy (non-hydrogen) atoms. The number of likely N-dealkylation sites (tertiary alicyclic amines) is 2. The van der Waals surface area contributed by atoms with Crippen molar-refractivity contribution in [1.29, 1.82) is 0 Å². The molecular weight excluding hydrogens is 274 g/mol. The van der Waals surface area contributed by atoms with Gasteiger partial charge in [0, 0.05) is 19.0 Å². The Labute approximate surface area is 133 Å². The molecule has 0 bridgehead atoms. The van der Waals surface area contributed by atoms with E-state index in [9.17, 15) is 4.79 Å². The molecule has 2 N–H and O–H groups in total. The van der Waals surface area contributed by atoms with Crippen molar-refractivity contribution in [3.63, 3.8) is 0 Å². The third-order valence-electron chi connectivity index (χ3n) is 5.31. The Balaban J connectivity index is 1.57. The van der Waals surface area contributed by atoms with Gasteiger partial charge < -0.3 is 10.6 Å². The second-order valence-electron chi connectivity index (χ2n) is 6.51. The van der Waals surface area contributed by atoms with E-state index in [0.29, 0.717) is 18.4 Å². The lowest BCUT2D eigenvalue weighted by Crippen LogP contribution is -2.53. The van der Waals surface area contributed by atoms with Crippen LogP contribution in [-0.4, -0.2) is 47.5 Å². The molecule has 2 aliphatic rings. The van der Waals surface area contributed by atoms with Gasteiger partial charge in [0.05, 0.1) is 6.17 Å². The number of hydrogen-bond donors (Lipinski definition) is 1. The molecule has 0 radical (unpaired) electrons. The van der Waals surface area contributed by atoms with Gasteiger partial charge in [-0.2, -0.15) is 0 Å². The molecular formula is C18H27N3O. The number of piperidine rings is 1. The highest BCUT2D eigenvalue weighted by Gasteiger charge is 2.38. The third kappa shape index (κ3) is 3.03. The maximum absolute atomic E-state index is 11.9. The Bertz CT molecular complexity index is 496. The van der Waals surface area contributed by atoms with E-state index < -0.39 is 0 Å². The zero-order valence-electron chi connectivity index (χ0n) is 13.4. The fourth-order valence-electron chi connectivity index (χ4n) is 3.98. The number of rotatable bonds is 3. The predicted molar refractivity (Wildman–Crippen MR) is 88.4 cm³/mol. The van der Waals surface area contributed by atoms with E-state index in [1.165, 1.54) is 18.4 Å². The quantitative estimate of drug-likeness (QED) is 0.931. The average Bonchev–Trinajstić information content (AvgIpc) is 2.97. The van der Waals surface area contributed by atoms with Crippen LogP contribution in [0, 0.1) is 0 Å². The molecule has 2 heterocycles. The topological polar surface area (TPSA) is 49.6 Å². The van der Waals surface area contributed by atoms with Gasteiger partial charge in [-0.3, -0.25) is 9.69 Å². The van der Waals surface area contributed by atoms with E-state index in [2.05, 4.69) is 35.2 Å². The van der Waals surface area contributed by atoms with Crippen molar-refractivity contribution in [3.8, 4) is 0 Å². The van der Waals surface area contributed by atoms with Gasteiger partial charge in [-0.25, -0.2) is 0 Å². The van der Waals surface area contributed by atoms with Crippen LogP contribution in [-0.2, 0) is 4.79 Å². The van der Waals surface area contributed by atoms with Crippen LogP contribution >= 0.6 is 0 Å². The molecule has 2 fully saturated rings. The number of nitrogens with zero attached hydrogens (tertiary/aromatic N) is 2. The molecule has 4 nitrogen and oxygen atoms in total. The van der Waals surface area contributed by atoms with Gasteiger partial charge in [0.1, 0.15) is 0 Å². The molecule has 3 rings (SSSR count). The van der Waals surface area contributed by atoms with Crippen LogP contribution in [0.3, 0.4) is 0 Å². The van der Waals surface area contributed by atoms with Crippen LogP contribution in [0.2, 0.25) is 0 Å². The van der Waals surface area contributed by atoms with Gasteiger partial charge in [0.2, 0.25) is 5.91 Å². The summed E-state index contributed by atoms with van der Waals surface area (Å²) >= 11 is 0. The van der Waals surface area contributed by atoms with Crippen molar-refractivity contribution >= 4 is 5.91 Å². The first-order valence-corrected chi connectivity index (χ1v) is 8.54. The van der Waals surface area contributed by atoms with E-state index in [1.807, 2.05) is 11.8 Å². The molecule has 1 aromatic carbocycles. The Kier molecular flexibility index (Phi) is 4.79. The summed E-state index contributed by atoms with van der Waals surface area (Å²) in [6.07, 6.45) is 3.82. The Morgan fingerprint density at radius 2 is 1.82 bits per heavy atom. The highest BCUT2D eigenvalue weighted by atomic mass is 16.2. The van der Waals surface area contributed by atoms with E-state index in [0.717, 1.165) is 26.1 Å². The normalized spacial score (nSPS) is 27.3. The lowest BCUT2D eigenvalue weighted by molar-refractivity contribution is -0.132. The highest BCUT2D eigenvalue weighted by molar-refractivity contribution is 5.76. The molecule has 0 aliphatic carbocycles. The monoisotopic (exact) mass is 301 g/mol. The van der Waals surface area contributed by atoms with E-state index in [4.69, 9.17) is 5.73 Å². The summed E-state index contributed by atoms with van der Waals surface area (Å²) in [5.41, 5.74) is 7.80. The zero-order chi connectivity index (χ0) is 15.5. The van der Waals surface area contributed by atoms with Gasteiger partial charge in [-0.05, 0) is 43.8 Å². The van der Waals surface area contributed by atoms with E-state index in [1.54, 1.807) is 0 Å². The number of nitrogens with two attached hydrogens (primary N) is 1. The van der Waals surface area contributed by atoms with Gasteiger partial charge in [-0.1, -0.05) is 37.3 Å². The fraction of sp³-hybridized carbons (Fsp3) is 0.611. The summed E-state index contributed by atoms with van der Waals surface area (Å²) in [6.45, 7) is 4.91. The minimum absolute atomic E-state index is 0.124. The summed E-state index contributed by atoms with van der Waals surface area (Å²) in [4.78, 5) is 16.3. The molecule has 2 aliphatic heterocycles. The number of hydrogen-bond acceptors (Lipinski definition) is 3. The highest BCUT2D eigenvalue weighted by Crippen LogP contribution is 2.31. The van der Waals surface area contributed by atoms with Crippen LogP contribution < -0.4 is 5.73 Å². The summed E-state index contributed by atoms with van der Waals surface area (Å²) in [6, 6.07) is 11.2. The summed E-state index contributed by atoms with van der Waals surface area (Å²) < 4.78 is 0. The van der Waals surface area contributed by atoms with Crippen molar-refractivity contribution < 1.29 is 4.79 Å². The summed E-state index contributed by atoms with van der Waals surface area (Å²) in [7, 11) is 0. The summed E-state index contributed by atoms with van der Waals surface area (Å²) in [5.74, 6) is 0.859. The molecule has 2 atom stereocenters. The van der Waals surface area contributed by atoms with Crippen molar-refractivity contribution in [2.24, 2.45) is 5.73 Å². The minimum atomic E-state index is -0.124. The van der Waals surface area contributed by atoms with Crippen molar-refractivity contribution in [2.45, 2.75) is 50.7 Å². The molecule has 0 spiro atoms. The number of carbonyl (C=O) groups excluding carboxylic acids is 1. The fourth-order valence-corrected chi connectivity index (χ4v) is 3.98. The van der Waals surface area contributed by atoms with Crippen LogP contribution in [0.4, 0.5) is 0 Å². The van der Waals surface area contributed by atoms with Gasteiger partial charge in [0.15, 0.2) is 0 Å².